The van der Waals surface area contributed by atoms with Gasteiger partial charge in [0.1, 0.15) is 0 Å². The normalized spacial score (nSPS) is 10.6. The number of benzene rings is 2. The molecule has 2 aromatic rings. The molecule has 0 aliphatic rings. The summed E-state index contributed by atoms with van der Waals surface area (Å²) < 4.78 is 4.53. The minimum atomic E-state index is -0.516. The van der Waals surface area contributed by atoms with E-state index in [1.54, 1.807) is 18.2 Å². The molecule has 0 saturated heterocycles. The van der Waals surface area contributed by atoms with Gasteiger partial charge in [-0.05, 0) is 66.8 Å². The summed E-state index contributed by atoms with van der Waals surface area (Å²) in [5.41, 5.74) is 6.21. The lowest BCUT2D eigenvalue weighted by atomic mass is 10.0. The first kappa shape index (κ1) is 19.2. The van der Waals surface area contributed by atoms with Crippen LogP contribution in [0.3, 0.4) is 0 Å². The summed E-state index contributed by atoms with van der Waals surface area (Å²) in [6.07, 6.45) is 2.86. The zero-order chi connectivity index (χ0) is 19.1. The summed E-state index contributed by atoms with van der Waals surface area (Å²) >= 11 is 0. The summed E-state index contributed by atoms with van der Waals surface area (Å²) in [7, 11) is 1.31. The summed E-state index contributed by atoms with van der Waals surface area (Å²) in [4.78, 5) is 23.2. The number of rotatable bonds is 5. The molecule has 2 aromatic carbocycles. The van der Waals surface area contributed by atoms with Crippen LogP contribution in [0, 0.1) is 20.8 Å². The predicted octanol–water partition coefficient (Wildman–Crippen LogP) is 4.12. The van der Waals surface area contributed by atoms with Gasteiger partial charge in [-0.2, -0.15) is 0 Å². The molecule has 0 radical (unpaired) electrons. The maximum atomic E-state index is 12.0. The summed E-state index contributed by atoms with van der Waals surface area (Å²) in [6, 6.07) is 11.4. The Hall–Kier alpha value is -3.08. The highest BCUT2D eigenvalue weighted by Crippen LogP contribution is 2.16. The van der Waals surface area contributed by atoms with E-state index in [4.69, 9.17) is 0 Å². The van der Waals surface area contributed by atoms with Gasteiger partial charge < -0.3 is 10.1 Å². The van der Waals surface area contributed by atoms with Gasteiger partial charge >= 0.3 is 6.09 Å². The first-order valence-electron chi connectivity index (χ1n) is 8.36. The molecule has 0 aliphatic carbocycles. The highest BCUT2D eigenvalue weighted by atomic mass is 16.5. The minimum Gasteiger partial charge on any atom is -0.453 e. The Bertz CT molecular complexity index is 824. The average molecular weight is 352 g/mol. The fourth-order valence-electron chi connectivity index (χ4n) is 2.45. The second kappa shape index (κ2) is 8.85. The molecule has 2 N–H and O–H groups in total. The van der Waals surface area contributed by atoms with E-state index < -0.39 is 6.09 Å². The van der Waals surface area contributed by atoms with Gasteiger partial charge in [0, 0.05) is 18.3 Å². The van der Waals surface area contributed by atoms with Crippen molar-refractivity contribution in [3.8, 4) is 0 Å². The number of carbonyl (C=O) groups excluding carboxylic acids is 2. The number of hydrogen-bond acceptors (Lipinski definition) is 3. The number of hydrogen-bond donors (Lipinski definition) is 2. The monoisotopic (exact) mass is 352 g/mol. The van der Waals surface area contributed by atoms with Crippen molar-refractivity contribution < 1.29 is 14.3 Å². The van der Waals surface area contributed by atoms with Gasteiger partial charge in [0.25, 0.3) is 0 Å². The highest BCUT2D eigenvalue weighted by molar-refractivity contribution is 5.92. The van der Waals surface area contributed by atoms with E-state index in [9.17, 15) is 9.59 Å². The number of aryl methyl sites for hydroxylation is 3. The molecule has 0 spiro atoms. The Morgan fingerprint density at radius 2 is 1.65 bits per heavy atom. The van der Waals surface area contributed by atoms with Crippen LogP contribution in [0.5, 0.6) is 0 Å². The number of anilines is 1. The average Bonchev–Trinajstić information content (AvgIpc) is 2.63. The summed E-state index contributed by atoms with van der Waals surface area (Å²) in [5.74, 6) is -0.153. The lowest BCUT2D eigenvalue weighted by molar-refractivity contribution is -0.116. The number of amides is 2. The van der Waals surface area contributed by atoms with Gasteiger partial charge in [0.05, 0.1) is 7.11 Å². The largest absolute Gasteiger partial charge is 0.453 e. The van der Waals surface area contributed by atoms with Crippen LogP contribution in [0.4, 0.5) is 10.5 Å². The Balaban J connectivity index is 1.90. The molecule has 136 valence electrons. The third kappa shape index (κ3) is 5.48. The van der Waals surface area contributed by atoms with Crippen molar-refractivity contribution in [2.75, 3.05) is 12.4 Å². The van der Waals surface area contributed by atoms with E-state index >= 15 is 0 Å². The van der Waals surface area contributed by atoms with Gasteiger partial charge in [0.2, 0.25) is 5.91 Å². The zero-order valence-electron chi connectivity index (χ0n) is 15.6. The molecule has 26 heavy (non-hydrogen) atoms. The molecule has 0 bridgehead atoms. The molecule has 0 heterocycles. The van der Waals surface area contributed by atoms with E-state index in [1.165, 1.54) is 18.2 Å². The molecular weight excluding hydrogens is 328 g/mol. The quantitative estimate of drug-likeness (QED) is 0.796. The van der Waals surface area contributed by atoms with Gasteiger partial charge in [-0.1, -0.05) is 24.3 Å². The van der Waals surface area contributed by atoms with Crippen molar-refractivity contribution in [3.05, 3.63) is 70.3 Å². The molecule has 0 aromatic heterocycles. The maximum Gasteiger partial charge on any atom is 0.411 e. The van der Waals surface area contributed by atoms with Crippen LogP contribution < -0.4 is 10.6 Å². The fourth-order valence-corrected chi connectivity index (χ4v) is 2.45. The van der Waals surface area contributed by atoms with Crippen molar-refractivity contribution in [2.45, 2.75) is 27.3 Å². The highest BCUT2D eigenvalue weighted by Gasteiger charge is 2.02. The number of carbonyl (C=O) groups is 2. The molecule has 0 saturated carbocycles. The SMILES string of the molecule is COC(=O)Nc1ccc(CNC(=O)/C=C/c2cc(C)c(C)cc2C)cc1. The van der Waals surface area contributed by atoms with Gasteiger partial charge in [0.15, 0.2) is 0 Å². The number of nitrogens with one attached hydrogen (secondary N) is 2. The van der Waals surface area contributed by atoms with Crippen molar-refractivity contribution >= 4 is 23.8 Å². The van der Waals surface area contributed by atoms with E-state index in [2.05, 4.69) is 41.4 Å². The van der Waals surface area contributed by atoms with Gasteiger partial charge in [-0.3, -0.25) is 10.1 Å². The van der Waals surface area contributed by atoms with Crippen LogP contribution in [0.25, 0.3) is 6.08 Å². The molecule has 0 unspecified atom stereocenters. The number of ether oxygens (including phenoxy) is 1. The van der Waals surface area contributed by atoms with E-state index in [1.807, 2.05) is 25.1 Å². The molecule has 0 fully saturated rings. The van der Waals surface area contributed by atoms with E-state index in [0.717, 1.165) is 16.7 Å². The number of methoxy groups -OCH3 is 1. The molecule has 2 amide bonds. The Morgan fingerprint density at radius 3 is 2.31 bits per heavy atom. The smallest absolute Gasteiger partial charge is 0.411 e. The van der Waals surface area contributed by atoms with E-state index in [0.29, 0.717) is 12.2 Å². The van der Waals surface area contributed by atoms with Crippen molar-refractivity contribution in [1.82, 2.24) is 5.32 Å². The second-order valence-electron chi connectivity index (χ2n) is 6.16. The lowest BCUT2D eigenvalue weighted by Crippen LogP contribution is -2.20. The Labute approximate surface area is 154 Å². The van der Waals surface area contributed by atoms with Crippen molar-refractivity contribution in [1.29, 1.82) is 0 Å². The van der Waals surface area contributed by atoms with Crippen LogP contribution in [0.1, 0.15) is 27.8 Å². The van der Waals surface area contributed by atoms with Gasteiger partial charge in [-0.25, -0.2) is 4.79 Å². The van der Waals surface area contributed by atoms with Crippen molar-refractivity contribution in [3.63, 3.8) is 0 Å². The molecule has 0 aliphatic heterocycles. The zero-order valence-corrected chi connectivity index (χ0v) is 15.6. The van der Waals surface area contributed by atoms with Crippen LogP contribution in [0.15, 0.2) is 42.5 Å². The first-order chi connectivity index (χ1) is 12.4. The third-order valence-electron chi connectivity index (χ3n) is 4.15. The van der Waals surface area contributed by atoms with Crippen LogP contribution in [0.2, 0.25) is 0 Å². The minimum absolute atomic E-state index is 0.153. The molecule has 2 rings (SSSR count). The Kier molecular flexibility index (Phi) is 6.55. The molecular formula is C21H24N2O3. The second-order valence-corrected chi connectivity index (χ2v) is 6.16. The molecule has 0 atom stereocenters. The standard InChI is InChI=1S/C21H24N2O3/c1-14-11-16(3)18(12-15(14)2)7-10-20(24)22-13-17-5-8-19(9-6-17)23-21(25)26-4/h5-12H,13H2,1-4H3,(H,22,24)(H,23,25)/b10-7+. The van der Waals surface area contributed by atoms with Crippen LogP contribution >= 0.6 is 0 Å². The lowest BCUT2D eigenvalue weighted by Gasteiger charge is -2.07. The van der Waals surface area contributed by atoms with E-state index in [-0.39, 0.29) is 5.91 Å². The fraction of sp³-hybridized carbons (Fsp3) is 0.238. The maximum absolute atomic E-state index is 12.0. The third-order valence-corrected chi connectivity index (χ3v) is 4.15. The topological polar surface area (TPSA) is 67.4 Å². The summed E-state index contributed by atoms with van der Waals surface area (Å²) in [5, 5.41) is 5.42. The predicted molar refractivity (Wildman–Crippen MR) is 104 cm³/mol. The summed E-state index contributed by atoms with van der Waals surface area (Å²) in [6.45, 7) is 6.58. The first-order valence-corrected chi connectivity index (χ1v) is 8.36. The van der Waals surface area contributed by atoms with Crippen LogP contribution in [-0.4, -0.2) is 19.1 Å². The molecule has 5 heteroatoms. The molecule has 5 nitrogen and oxygen atoms in total. The van der Waals surface area contributed by atoms with Crippen molar-refractivity contribution in [2.24, 2.45) is 0 Å². The van der Waals surface area contributed by atoms with Crippen LogP contribution in [-0.2, 0) is 16.1 Å². The Morgan fingerprint density at radius 1 is 1.00 bits per heavy atom. The van der Waals surface area contributed by atoms with Gasteiger partial charge in [-0.15, -0.1) is 0 Å².